The first-order valence-corrected chi connectivity index (χ1v) is 18.6. The molecule has 40 heavy (non-hydrogen) atoms. The van der Waals surface area contributed by atoms with Crippen LogP contribution in [0.2, 0.25) is 18.1 Å². The monoisotopic (exact) mass is 564 g/mol. The van der Waals surface area contributed by atoms with Crippen molar-refractivity contribution in [2.24, 2.45) is 7.05 Å². The molecule has 0 N–H and O–H groups in total. The highest BCUT2D eigenvalue weighted by molar-refractivity contribution is 6.74. The Morgan fingerprint density at radius 2 is 1.68 bits per heavy atom. The van der Waals surface area contributed by atoms with Gasteiger partial charge in [0.15, 0.2) is 14.1 Å². The Bertz CT molecular complexity index is 1300. The zero-order chi connectivity index (χ0) is 28.4. The van der Waals surface area contributed by atoms with Gasteiger partial charge in [-0.15, -0.1) is 0 Å². The van der Waals surface area contributed by atoms with E-state index in [-0.39, 0.29) is 29.4 Å². The fraction of sp³-hybridized carbons (Fsp3) is 0.719. The highest BCUT2D eigenvalue weighted by Gasteiger charge is 2.41. The average Bonchev–Trinajstić information content (AvgIpc) is 3.66. The molecule has 2 heterocycles. The summed E-state index contributed by atoms with van der Waals surface area (Å²) in [5, 5.41) is 0.208. The molecule has 6 rings (SSSR count). The molecule has 0 unspecified atom stereocenters. The lowest BCUT2D eigenvalue weighted by atomic mass is 9.79. The van der Waals surface area contributed by atoms with Crippen LogP contribution in [0.4, 0.5) is 0 Å². The minimum atomic E-state index is -1.79. The van der Waals surface area contributed by atoms with E-state index in [0.717, 1.165) is 36.7 Å². The molecule has 2 amide bonds. The van der Waals surface area contributed by atoms with Crippen LogP contribution in [-0.2, 0) is 16.3 Å². The Kier molecular flexibility index (Phi) is 7.17. The van der Waals surface area contributed by atoms with Gasteiger partial charge < -0.3 is 18.8 Å². The number of hydrogen-bond donors (Lipinski definition) is 0. The number of aryl methyl sites for hydroxylation is 1. The largest absolute Gasteiger partial charge is 0.414 e. The topological polar surface area (TPSA) is 67.7 Å². The first-order valence-electron chi connectivity index (χ1n) is 15.7. The second kappa shape index (κ2) is 10.3. The molecule has 1 aromatic heterocycles. The molecule has 218 valence electrons. The molecule has 3 saturated carbocycles. The number of imidazole rings is 1. The first kappa shape index (κ1) is 28.0. The molecule has 0 spiro atoms. The molecular weight excluding hydrogens is 516 g/mol. The van der Waals surface area contributed by atoms with E-state index in [1.165, 1.54) is 43.2 Å². The minimum absolute atomic E-state index is 0.0679. The second-order valence-corrected chi connectivity index (χ2v) is 19.3. The summed E-state index contributed by atoms with van der Waals surface area (Å²) in [6, 6.07) is 4.89. The SMILES string of the molecule is Cn1c(C(=O)N2CCN(C3CCC(O[Si](C)(C)C(C)(C)C)CC3)C(=O)C2)nc2c(C3CCC3)cc(C3CC3)cc21. The van der Waals surface area contributed by atoms with E-state index in [4.69, 9.17) is 9.41 Å². The lowest BCUT2D eigenvalue weighted by Crippen LogP contribution is -2.56. The van der Waals surface area contributed by atoms with E-state index in [1.54, 1.807) is 4.90 Å². The zero-order valence-corrected chi connectivity index (χ0v) is 26.5. The second-order valence-electron chi connectivity index (χ2n) is 14.5. The van der Waals surface area contributed by atoms with Crippen molar-refractivity contribution in [3.05, 3.63) is 29.1 Å². The highest BCUT2D eigenvalue weighted by atomic mass is 28.4. The number of fused-ring (bicyclic) bond motifs is 1. The van der Waals surface area contributed by atoms with Crippen molar-refractivity contribution in [1.82, 2.24) is 19.4 Å². The van der Waals surface area contributed by atoms with Gasteiger partial charge in [0, 0.05) is 32.3 Å². The molecule has 0 bridgehead atoms. The number of carbonyl (C=O) groups is 2. The Labute approximate surface area is 240 Å². The molecule has 3 aliphatic carbocycles. The molecule has 1 aromatic carbocycles. The van der Waals surface area contributed by atoms with Gasteiger partial charge in [-0.3, -0.25) is 9.59 Å². The quantitative estimate of drug-likeness (QED) is 0.384. The number of nitrogens with zero attached hydrogens (tertiary/aromatic N) is 4. The van der Waals surface area contributed by atoms with Gasteiger partial charge in [-0.25, -0.2) is 4.98 Å². The molecule has 4 fully saturated rings. The fourth-order valence-electron chi connectivity index (χ4n) is 6.67. The Morgan fingerprint density at radius 1 is 0.975 bits per heavy atom. The van der Waals surface area contributed by atoms with Crippen LogP contribution in [0, 0.1) is 0 Å². The Hall–Kier alpha value is -2.19. The van der Waals surface area contributed by atoms with E-state index in [2.05, 4.69) is 46.0 Å². The van der Waals surface area contributed by atoms with Gasteiger partial charge >= 0.3 is 0 Å². The number of benzene rings is 1. The summed E-state index contributed by atoms with van der Waals surface area (Å²) in [5.41, 5.74) is 4.79. The van der Waals surface area contributed by atoms with Crippen LogP contribution in [0.3, 0.4) is 0 Å². The van der Waals surface area contributed by atoms with Crippen molar-refractivity contribution in [2.45, 2.75) is 121 Å². The lowest BCUT2D eigenvalue weighted by Gasteiger charge is -2.44. The molecule has 1 aliphatic heterocycles. The Morgan fingerprint density at radius 3 is 2.25 bits per heavy atom. The van der Waals surface area contributed by atoms with Crippen molar-refractivity contribution in [2.75, 3.05) is 19.6 Å². The van der Waals surface area contributed by atoms with Crippen LogP contribution < -0.4 is 0 Å². The summed E-state index contributed by atoms with van der Waals surface area (Å²) >= 11 is 0. The van der Waals surface area contributed by atoms with E-state index in [0.29, 0.717) is 36.9 Å². The molecular formula is C32H48N4O3Si. The van der Waals surface area contributed by atoms with Gasteiger partial charge in [0.05, 0.1) is 11.0 Å². The lowest BCUT2D eigenvalue weighted by molar-refractivity contribution is -0.138. The maximum absolute atomic E-state index is 13.7. The van der Waals surface area contributed by atoms with Crippen molar-refractivity contribution >= 4 is 31.2 Å². The number of carbonyl (C=O) groups excluding carboxylic acids is 2. The molecule has 7 nitrogen and oxygen atoms in total. The zero-order valence-electron chi connectivity index (χ0n) is 25.5. The first-order chi connectivity index (χ1) is 18.9. The summed E-state index contributed by atoms with van der Waals surface area (Å²) in [5.74, 6) is 1.64. The normalized spacial score (nSPS) is 25.0. The maximum Gasteiger partial charge on any atom is 0.290 e. The van der Waals surface area contributed by atoms with Gasteiger partial charge in [-0.1, -0.05) is 33.3 Å². The molecule has 8 heteroatoms. The van der Waals surface area contributed by atoms with E-state index >= 15 is 0 Å². The summed E-state index contributed by atoms with van der Waals surface area (Å²) in [6.45, 7) is 12.8. The van der Waals surface area contributed by atoms with Crippen LogP contribution in [0.15, 0.2) is 12.1 Å². The van der Waals surface area contributed by atoms with Crippen molar-refractivity contribution in [3.63, 3.8) is 0 Å². The number of rotatable bonds is 6. The standard InChI is InChI=1S/C32H48N4O3Si/c1-32(2,3)40(5,6)39-25-14-12-24(13-15-25)36-17-16-35(20-28(36)37)31(38)30-33-29-26(22-8-7-9-22)18-23(21-10-11-21)19-27(29)34(30)4/h18-19,21-22,24-25H,7-17,20H2,1-6H3. The van der Waals surface area contributed by atoms with Crippen LogP contribution in [0.5, 0.6) is 0 Å². The number of piperazine rings is 1. The van der Waals surface area contributed by atoms with Crippen LogP contribution in [-0.4, -0.2) is 71.3 Å². The highest BCUT2D eigenvalue weighted by Crippen LogP contribution is 2.46. The number of amides is 2. The van der Waals surface area contributed by atoms with Crippen molar-refractivity contribution < 1.29 is 14.0 Å². The third-order valence-corrected chi connectivity index (χ3v) is 15.3. The third kappa shape index (κ3) is 5.15. The molecule has 1 saturated heterocycles. The van der Waals surface area contributed by atoms with Gasteiger partial charge in [-0.2, -0.15) is 0 Å². The number of hydrogen-bond acceptors (Lipinski definition) is 4. The smallest absolute Gasteiger partial charge is 0.290 e. The van der Waals surface area contributed by atoms with E-state index < -0.39 is 8.32 Å². The predicted octanol–water partition coefficient (Wildman–Crippen LogP) is 6.34. The molecule has 2 aromatic rings. The summed E-state index contributed by atoms with van der Waals surface area (Å²) < 4.78 is 8.65. The summed E-state index contributed by atoms with van der Waals surface area (Å²) in [7, 11) is 0.178. The Balaban J connectivity index is 1.11. The molecule has 0 radical (unpaired) electrons. The fourth-order valence-corrected chi connectivity index (χ4v) is 8.09. The van der Waals surface area contributed by atoms with Crippen LogP contribution in [0.1, 0.15) is 112 Å². The maximum atomic E-state index is 13.7. The van der Waals surface area contributed by atoms with Crippen molar-refractivity contribution in [3.8, 4) is 0 Å². The van der Waals surface area contributed by atoms with E-state index in [1.807, 2.05) is 16.5 Å². The van der Waals surface area contributed by atoms with E-state index in [9.17, 15) is 9.59 Å². The van der Waals surface area contributed by atoms with Gasteiger partial charge in [0.1, 0.15) is 6.54 Å². The van der Waals surface area contributed by atoms with Crippen LogP contribution in [0.25, 0.3) is 11.0 Å². The number of aromatic nitrogens is 2. The van der Waals surface area contributed by atoms with Gasteiger partial charge in [0.25, 0.3) is 5.91 Å². The average molecular weight is 565 g/mol. The predicted molar refractivity (Wildman–Crippen MR) is 161 cm³/mol. The van der Waals surface area contributed by atoms with Gasteiger partial charge in [0.2, 0.25) is 5.91 Å². The van der Waals surface area contributed by atoms with Crippen molar-refractivity contribution in [1.29, 1.82) is 0 Å². The molecule has 4 aliphatic rings. The van der Waals surface area contributed by atoms with Crippen LogP contribution >= 0.6 is 0 Å². The summed E-state index contributed by atoms with van der Waals surface area (Å²) in [6.07, 6.45) is 10.5. The van der Waals surface area contributed by atoms with Gasteiger partial charge in [-0.05, 0) is 98.5 Å². The molecule has 0 atom stereocenters. The minimum Gasteiger partial charge on any atom is -0.414 e. The third-order valence-electron chi connectivity index (χ3n) is 10.7. The summed E-state index contributed by atoms with van der Waals surface area (Å²) in [4.78, 5) is 35.8.